The summed E-state index contributed by atoms with van der Waals surface area (Å²) >= 11 is 0. The van der Waals surface area contributed by atoms with Crippen LogP contribution in [0.1, 0.15) is 30.1 Å². The third-order valence-electron chi connectivity index (χ3n) is 3.50. The van der Waals surface area contributed by atoms with Crippen molar-refractivity contribution in [3.05, 3.63) is 17.8 Å². The number of hydrogen-bond donors (Lipinski definition) is 2. The normalized spacial score (nSPS) is 15.6. The van der Waals surface area contributed by atoms with Crippen LogP contribution in [0, 0.1) is 0 Å². The molecule has 0 spiro atoms. The molecule has 1 aromatic rings. The summed E-state index contributed by atoms with van der Waals surface area (Å²) in [5.41, 5.74) is 0.620. The van der Waals surface area contributed by atoms with E-state index in [0.29, 0.717) is 17.9 Å². The first-order valence-corrected chi connectivity index (χ1v) is 7.46. The van der Waals surface area contributed by atoms with Crippen LogP contribution >= 0.6 is 0 Å². The van der Waals surface area contributed by atoms with E-state index in [2.05, 4.69) is 15.6 Å². The number of fused-ring (bicyclic) bond motifs is 1. The molecule has 1 saturated heterocycles. The number of aromatic nitrogens is 1. The fourth-order valence-electron chi connectivity index (χ4n) is 2.24. The number of nitrogens with one attached hydrogen (secondary N) is 2. The van der Waals surface area contributed by atoms with Gasteiger partial charge < -0.3 is 20.3 Å². The van der Waals surface area contributed by atoms with Gasteiger partial charge in [0.05, 0.1) is 12.1 Å². The van der Waals surface area contributed by atoms with E-state index < -0.39 is 0 Å². The van der Waals surface area contributed by atoms with Crippen LogP contribution in [0.4, 0.5) is 5.82 Å². The topological polar surface area (TPSA) is 83.6 Å². The van der Waals surface area contributed by atoms with Crippen molar-refractivity contribution < 1.29 is 14.3 Å². The third-order valence-corrected chi connectivity index (χ3v) is 3.50. The summed E-state index contributed by atoms with van der Waals surface area (Å²) in [5.74, 6) is 1.48. The maximum Gasteiger partial charge on any atom is 0.255 e. The highest BCUT2D eigenvalue weighted by molar-refractivity contribution is 5.94. The molecule has 0 bridgehead atoms. The minimum Gasteiger partial charge on any atom is -0.488 e. The van der Waals surface area contributed by atoms with Crippen molar-refractivity contribution in [1.82, 2.24) is 15.2 Å². The highest BCUT2D eigenvalue weighted by Gasteiger charge is 2.21. The third kappa shape index (κ3) is 4.09. The Bertz CT molecular complexity index is 542. The predicted molar refractivity (Wildman–Crippen MR) is 83.1 cm³/mol. The van der Waals surface area contributed by atoms with E-state index in [0.717, 1.165) is 38.3 Å². The lowest BCUT2D eigenvalue weighted by Gasteiger charge is -2.20. The summed E-state index contributed by atoms with van der Waals surface area (Å²) in [6.07, 6.45) is 3.82. The first-order valence-electron chi connectivity index (χ1n) is 7.46. The molecular formula is C15H22N4O3. The molecule has 0 aromatic carbocycles. The number of hydrogen-bond acceptors (Lipinski definition) is 5. The molecule has 22 heavy (non-hydrogen) atoms. The quantitative estimate of drug-likeness (QED) is 0.804. The largest absolute Gasteiger partial charge is 0.488 e. The van der Waals surface area contributed by atoms with Crippen molar-refractivity contribution in [1.29, 1.82) is 0 Å². The van der Waals surface area contributed by atoms with Crippen LogP contribution < -0.4 is 15.4 Å². The maximum atomic E-state index is 12.1. The Morgan fingerprint density at radius 1 is 1.36 bits per heavy atom. The van der Waals surface area contributed by atoms with Crippen LogP contribution in [0.3, 0.4) is 0 Å². The van der Waals surface area contributed by atoms with Crippen LogP contribution in [0.25, 0.3) is 0 Å². The molecule has 7 nitrogen and oxygen atoms in total. The zero-order valence-electron chi connectivity index (χ0n) is 13.0. The lowest BCUT2D eigenvalue weighted by atomic mass is 10.2. The number of likely N-dealkylation sites (tertiary alicyclic amines) is 1. The van der Waals surface area contributed by atoms with E-state index in [9.17, 15) is 9.59 Å². The predicted octanol–water partition coefficient (Wildman–Crippen LogP) is 0.874. The Morgan fingerprint density at radius 2 is 2.05 bits per heavy atom. The summed E-state index contributed by atoms with van der Waals surface area (Å²) in [6, 6.07) is 1.79. The molecule has 0 saturated carbocycles. The smallest absolute Gasteiger partial charge is 0.255 e. The minimum absolute atomic E-state index is 0.00463. The van der Waals surface area contributed by atoms with E-state index in [1.54, 1.807) is 19.3 Å². The molecular weight excluding hydrogens is 284 g/mol. The number of amides is 2. The maximum absolute atomic E-state index is 12.1. The molecule has 120 valence electrons. The molecule has 2 aliphatic heterocycles. The van der Waals surface area contributed by atoms with Gasteiger partial charge in [-0.25, -0.2) is 4.98 Å². The average Bonchev–Trinajstić information content (AvgIpc) is 3.08. The van der Waals surface area contributed by atoms with Crippen LogP contribution in [0.15, 0.2) is 12.3 Å². The summed E-state index contributed by atoms with van der Waals surface area (Å²) in [7, 11) is 1.60. The minimum atomic E-state index is 0.00463. The summed E-state index contributed by atoms with van der Waals surface area (Å²) in [4.78, 5) is 27.9. The Kier molecular flexibility index (Phi) is 5.57. The number of anilines is 1. The zero-order chi connectivity index (χ0) is 15.9. The lowest BCUT2D eigenvalue weighted by molar-refractivity contribution is -0.118. The van der Waals surface area contributed by atoms with Crippen LogP contribution in [0.5, 0.6) is 5.75 Å². The Hall–Kier alpha value is -2.31. The van der Waals surface area contributed by atoms with Gasteiger partial charge in [-0.15, -0.1) is 0 Å². The Balaban J connectivity index is 0.000000309. The van der Waals surface area contributed by atoms with Crippen LogP contribution in [-0.2, 0) is 4.79 Å². The van der Waals surface area contributed by atoms with Gasteiger partial charge in [-0.3, -0.25) is 9.59 Å². The second-order valence-corrected chi connectivity index (χ2v) is 5.15. The van der Waals surface area contributed by atoms with Gasteiger partial charge in [0.25, 0.3) is 5.91 Å². The number of carbonyl (C=O) groups is 2. The van der Waals surface area contributed by atoms with Crippen molar-refractivity contribution >= 4 is 17.6 Å². The van der Waals surface area contributed by atoms with E-state index in [1.165, 1.54) is 6.92 Å². The summed E-state index contributed by atoms with van der Waals surface area (Å²) in [5, 5.41) is 5.53. The average molecular weight is 306 g/mol. The molecule has 7 heteroatoms. The van der Waals surface area contributed by atoms with Gasteiger partial charge in [0.1, 0.15) is 6.61 Å². The molecule has 0 radical (unpaired) electrons. The summed E-state index contributed by atoms with van der Waals surface area (Å²) in [6.45, 7) is 4.57. The van der Waals surface area contributed by atoms with Crippen molar-refractivity contribution in [3.63, 3.8) is 0 Å². The molecule has 0 unspecified atom stereocenters. The van der Waals surface area contributed by atoms with E-state index in [4.69, 9.17) is 4.74 Å². The molecule has 1 fully saturated rings. The molecule has 2 amide bonds. The molecule has 0 atom stereocenters. The van der Waals surface area contributed by atoms with E-state index in [-0.39, 0.29) is 11.8 Å². The van der Waals surface area contributed by atoms with Gasteiger partial charge in [-0.2, -0.15) is 0 Å². The van der Waals surface area contributed by atoms with E-state index >= 15 is 0 Å². The molecule has 3 heterocycles. The molecule has 2 aliphatic rings. The number of rotatable bonds is 1. The fourth-order valence-corrected chi connectivity index (χ4v) is 2.24. The molecule has 0 aliphatic carbocycles. The standard InChI is InChI=1S/C12H15N3O2.C3H7NO/c16-12(15-4-1-2-5-15)9-7-10-11(14-8-9)13-3-6-17-10;1-3(5)4-2/h7-8H,1-6H2,(H,13,14);1-2H3,(H,4,5). The Labute approximate surface area is 130 Å². The second kappa shape index (κ2) is 7.63. The zero-order valence-corrected chi connectivity index (χ0v) is 13.0. The second-order valence-electron chi connectivity index (χ2n) is 5.15. The van der Waals surface area contributed by atoms with Gasteiger partial charge in [-0.05, 0) is 18.9 Å². The first-order chi connectivity index (χ1) is 10.6. The SMILES string of the molecule is CNC(C)=O.O=C(c1cnc2c(c1)OCCN2)N1CCCC1. The summed E-state index contributed by atoms with van der Waals surface area (Å²) < 4.78 is 5.48. The number of pyridine rings is 1. The van der Waals surface area contributed by atoms with Crippen LogP contribution in [-0.4, -0.2) is 55.0 Å². The van der Waals surface area contributed by atoms with Crippen LogP contribution in [0.2, 0.25) is 0 Å². The first kappa shape index (κ1) is 16.1. The van der Waals surface area contributed by atoms with Crippen molar-refractivity contribution in [2.75, 3.05) is 38.6 Å². The highest BCUT2D eigenvalue weighted by Crippen LogP contribution is 2.26. The van der Waals surface area contributed by atoms with Gasteiger partial charge in [-0.1, -0.05) is 0 Å². The number of nitrogens with zero attached hydrogens (tertiary/aromatic N) is 2. The van der Waals surface area contributed by atoms with Crippen molar-refractivity contribution in [2.24, 2.45) is 0 Å². The molecule has 3 rings (SSSR count). The monoisotopic (exact) mass is 306 g/mol. The van der Waals surface area contributed by atoms with Crippen molar-refractivity contribution in [2.45, 2.75) is 19.8 Å². The van der Waals surface area contributed by atoms with Crippen molar-refractivity contribution in [3.8, 4) is 5.75 Å². The van der Waals surface area contributed by atoms with Gasteiger partial charge in [0.2, 0.25) is 5.91 Å². The highest BCUT2D eigenvalue weighted by atomic mass is 16.5. The number of carbonyl (C=O) groups excluding carboxylic acids is 2. The van der Waals surface area contributed by atoms with Gasteiger partial charge >= 0.3 is 0 Å². The van der Waals surface area contributed by atoms with E-state index in [1.807, 2.05) is 4.90 Å². The molecule has 1 aromatic heterocycles. The number of ether oxygens (including phenoxy) is 1. The Morgan fingerprint density at radius 3 is 2.68 bits per heavy atom. The molecule has 2 N–H and O–H groups in total. The van der Waals surface area contributed by atoms with Gasteiger partial charge in [0, 0.05) is 33.3 Å². The fraction of sp³-hybridized carbons (Fsp3) is 0.533. The lowest BCUT2D eigenvalue weighted by Crippen LogP contribution is -2.28. The van der Waals surface area contributed by atoms with Gasteiger partial charge in [0.15, 0.2) is 11.6 Å².